The molecule has 2 aliphatic heterocycles. The number of ether oxygens (including phenoxy) is 1. The maximum atomic E-state index is 13.2. The zero-order valence-electron chi connectivity index (χ0n) is 21.3. The minimum absolute atomic E-state index is 0.00432. The van der Waals surface area contributed by atoms with E-state index in [-0.39, 0.29) is 23.0 Å². The number of rotatable bonds is 7. The third-order valence-electron chi connectivity index (χ3n) is 7.37. The number of hydrogen-bond donors (Lipinski definition) is 2. The molecule has 2 saturated heterocycles. The first-order valence-electron chi connectivity index (χ1n) is 12.9. The highest BCUT2D eigenvalue weighted by Gasteiger charge is 2.29. The van der Waals surface area contributed by atoms with Crippen molar-refractivity contribution in [1.82, 2.24) is 14.5 Å². The normalized spacial score (nSPS) is 17.3. The Bertz CT molecular complexity index is 1660. The summed E-state index contributed by atoms with van der Waals surface area (Å²) in [4.78, 5) is 38.1. The van der Waals surface area contributed by atoms with E-state index < -0.39 is 11.4 Å². The molecule has 0 spiro atoms. The molecule has 40 heavy (non-hydrogen) atoms. The summed E-state index contributed by atoms with van der Waals surface area (Å²) < 4.78 is 7.61. The van der Waals surface area contributed by atoms with Gasteiger partial charge in [-0.15, -0.1) is 0 Å². The van der Waals surface area contributed by atoms with Crippen LogP contribution in [0.25, 0.3) is 16.6 Å². The first kappa shape index (κ1) is 26.4. The number of nitrogens with zero attached hydrogens (tertiary/aromatic N) is 5. The van der Waals surface area contributed by atoms with E-state index >= 15 is 0 Å². The summed E-state index contributed by atoms with van der Waals surface area (Å²) in [7, 11) is 0. The van der Waals surface area contributed by atoms with Crippen LogP contribution in [0.5, 0.6) is 5.88 Å². The lowest BCUT2D eigenvalue weighted by molar-refractivity contribution is 0.0695. The molecule has 10 nitrogen and oxygen atoms in total. The number of pyridine rings is 3. The monoisotopic (exact) mass is 580 g/mol. The summed E-state index contributed by atoms with van der Waals surface area (Å²) in [5.74, 6) is -0.164. The quantitative estimate of drug-likeness (QED) is 0.333. The van der Waals surface area contributed by atoms with Crippen LogP contribution in [0.3, 0.4) is 0 Å². The number of carboxylic acid groups (broad SMARTS) is 1. The Labute approximate surface area is 239 Å². The van der Waals surface area contributed by atoms with Gasteiger partial charge in [0.15, 0.2) is 0 Å². The summed E-state index contributed by atoms with van der Waals surface area (Å²) in [6.45, 7) is 2.54. The zero-order chi connectivity index (χ0) is 28.0. The molecular weight excluding hydrogens is 555 g/mol. The van der Waals surface area contributed by atoms with Gasteiger partial charge in [-0.2, -0.15) is 0 Å². The van der Waals surface area contributed by atoms with E-state index in [1.54, 1.807) is 35.2 Å². The lowest BCUT2D eigenvalue weighted by Gasteiger charge is -2.37. The lowest BCUT2D eigenvalue weighted by atomic mass is 10.1. The summed E-state index contributed by atoms with van der Waals surface area (Å²) in [5, 5.41) is 10.8. The summed E-state index contributed by atoms with van der Waals surface area (Å²) in [6, 6.07) is 10.7. The van der Waals surface area contributed by atoms with Crippen molar-refractivity contribution in [2.45, 2.75) is 24.9 Å². The van der Waals surface area contributed by atoms with Gasteiger partial charge in [-0.05, 0) is 49.2 Å². The maximum absolute atomic E-state index is 13.2. The van der Waals surface area contributed by atoms with Crippen molar-refractivity contribution in [2.24, 2.45) is 5.73 Å². The van der Waals surface area contributed by atoms with Gasteiger partial charge in [0.2, 0.25) is 11.3 Å². The minimum Gasteiger partial charge on any atom is -0.477 e. The number of aromatic carboxylic acids is 1. The lowest BCUT2D eigenvalue weighted by Crippen LogP contribution is -2.56. The number of halogens is 2. The molecule has 0 saturated carbocycles. The Morgan fingerprint density at radius 1 is 1.15 bits per heavy atom. The second-order valence-corrected chi connectivity index (χ2v) is 10.8. The topological polar surface area (TPSA) is 127 Å². The zero-order valence-corrected chi connectivity index (χ0v) is 22.8. The molecule has 0 amide bonds. The van der Waals surface area contributed by atoms with Gasteiger partial charge in [0.05, 0.1) is 34.2 Å². The third kappa shape index (κ3) is 4.83. The van der Waals surface area contributed by atoms with Crippen LogP contribution in [0.2, 0.25) is 10.0 Å². The molecule has 4 aromatic rings. The predicted octanol–water partition coefficient (Wildman–Crippen LogP) is 3.98. The highest BCUT2D eigenvalue weighted by Crippen LogP contribution is 2.36. The van der Waals surface area contributed by atoms with E-state index in [9.17, 15) is 14.7 Å². The summed E-state index contributed by atoms with van der Waals surface area (Å²) in [5.41, 5.74) is 6.81. The van der Waals surface area contributed by atoms with E-state index in [1.165, 1.54) is 6.20 Å². The Hall–Kier alpha value is -3.86. The van der Waals surface area contributed by atoms with E-state index in [0.29, 0.717) is 33.7 Å². The molecular formula is C28H26Cl2N6O4. The molecule has 1 atom stereocenters. The maximum Gasteiger partial charge on any atom is 0.341 e. The first-order valence-corrected chi connectivity index (χ1v) is 13.6. The van der Waals surface area contributed by atoms with Crippen molar-refractivity contribution in [1.29, 1.82) is 0 Å². The Morgan fingerprint density at radius 2 is 1.98 bits per heavy atom. The first-order chi connectivity index (χ1) is 19.3. The van der Waals surface area contributed by atoms with E-state index in [1.807, 2.05) is 18.2 Å². The fraction of sp³-hybridized carbons (Fsp3) is 0.286. The second kappa shape index (κ2) is 10.6. The van der Waals surface area contributed by atoms with Crippen molar-refractivity contribution in [3.8, 4) is 11.6 Å². The molecule has 6 rings (SSSR count). The van der Waals surface area contributed by atoms with Gasteiger partial charge >= 0.3 is 5.97 Å². The van der Waals surface area contributed by atoms with Crippen LogP contribution < -0.4 is 25.7 Å². The molecule has 0 unspecified atom stereocenters. The number of anilines is 2. The standard InChI is InChI=1S/C28H26Cl2N6O4/c29-21-4-1-7-32-27(21)40-15-18-3-2-8-35(18)24-10-23-19(9-22(24)30)26(37)20(28(38)39)14-36(23)17-5-6-25(33-11-17)34-12-16(31)13-34/h1,4-7,9-11,14,16,18H,2-3,8,12-13,15,31H2,(H,38,39)/t18-/m1/s1. The second-order valence-electron chi connectivity index (χ2n) is 10.00. The van der Waals surface area contributed by atoms with Crippen LogP contribution >= 0.6 is 23.2 Å². The van der Waals surface area contributed by atoms with Crippen LogP contribution in [-0.4, -0.2) is 63.9 Å². The average molecular weight is 581 g/mol. The predicted molar refractivity (Wildman–Crippen MR) is 155 cm³/mol. The Kier molecular flexibility index (Phi) is 6.99. The molecule has 5 heterocycles. The van der Waals surface area contributed by atoms with Gasteiger partial charge in [0.25, 0.3) is 0 Å². The molecule has 1 aromatic carbocycles. The van der Waals surface area contributed by atoms with Crippen molar-refractivity contribution in [3.05, 3.63) is 80.8 Å². The SMILES string of the molecule is NC1CN(c2ccc(-n3cc(C(=O)O)c(=O)c4cc(Cl)c(N5CCC[C@@H]5COc5ncccc5Cl)cc43)cn2)C1. The number of carbonyl (C=O) groups is 1. The fourth-order valence-corrected chi connectivity index (χ4v) is 5.75. The van der Waals surface area contributed by atoms with Gasteiger partial charge in [-0.3, -0.25) is 4.79 Å². The van der Waals surface area contributed by atoms with Crippen molar-refractivity contribution < 1.29 is 14.6 Å². The number of benzene rings is 1. The molecule has 2 fully saturated rings. The van der Waals surface area contributed by atoms with Crippen LogP contribution in [0.1, 0.15) is 23.2 Å². The van der Waals surface area contributed by atoms with Crippen molar-refractivity contribution >= 4 is 51.6 Å². The highest BCUT2D eigenvalue weighted by atomic mass is 35.5. The molecule has 0 bridgehead atoms. The van der Waals surface area contributed by atoms with Crippen LogP contribution in [-0.2, 0) is 0 Å². The van der Waals surface area contributed by atoms with Gasteiger partial charge in [-0.1, -0.05) is 23.2 Å². The summed E-state index contributed by atoms with van der Waals surface area (Å²) in [6.07, 6.45) is 6.42. The minimum atomic E-state index is -1.31. The summed E-state index contributed by atoms with van der Waals surface area (Å²) >= 11 is 13.0. The van der Waals surface area contributed by atoms with Gasteiger partial charge in [-0.25, -0.2) is 14.8 Å². The average Bonchev–Trinajstić information content (AvgIpc) is 3.39. The molecule has 3 aromatic heterocycles. The third-order valence-corrected chi connectivity index (χ3v) is 7.96. The fourth-order valence-electron chi connectivity index (χ4n) is 5.31. The highest BCUT2D eigenvalue weighted by molar-refractivity contribution is 6.34. The largest absolute Gasteiger partial charge is 0.477 e. The van der Waals surface area contributed by atoms with E-state index in [0.717, 1.165) is 44.0 Å². The van der Waals surface area contributed by atoms with E-state index in [4.69, 9.17) is 33.7 Å². The smallest absolute Gasteiger partial charge is 0.341 e. The van der Waals surface area contributed by atoms with Gasteiger partial charge in [0.1, 0.15) is 23.0 Å². The number of nitrogens with two attached hydrogens (primary N) is 1. The number of aromatic nitrogens is 3. The number of carboxylic acids is 1. The molecule has 12 heteroatoms. The van der Waals surface area contributed by atoms with Crippen molar-refractivity contribution in [3.63, 3.8) is 0 Å². The molecule has 206 valence electrons. The molecule has 3 N–H and O–H groups in total. The van der Waals surface area contributed by atoms with Crippen LogP contribution in [0, 0.1) is 0 Å². The van der Waals surface area contributed by atoms with E-state index in [2.05, 4.69) is 19.8 Å². The van der Waals surface area contributed by atoms with Gasteiger partial charge in [0, 0.05) is 43.5 Å². The van der Waals surface area contributed by atoms with Crippen LogP contribution in [0.4, 0.5) is 11.5 Å². The number of fused-ring (bicyclic) bond motifs is 1. The Balaban J connectivity index is 1.39. The van der Waals surface area contributed by atoms with Crippen molar-refractivity contribution in [2.75, 3.05) is 36.0 Å². The molecule has 0 radical (unpaired) electrons. The number of hydrogen-bond acceptors (Lipinski definition) is 8. The molecule has 2 aliphatic rings. The van der Waals surface area contributed by atoms with Gasteiger partial charge < -0.3 is 29.9 Å². The Morgan fingerprint density at radius 3 is 2.67 bits per heavy atom. The van der Waals surface area contributed by atoms with Crippen LogP contribution in [0.15, 0.2) is 59.8 Å². The molecule has 0 aliphatic carbocycles.